The van der Waals surface area contributed by atoms with Gasteiger partial charge in [-0.15, -0.1) is 0 Å². The van der Waals surface area contributed by atoms with Crippen LogP contribution in [0, 0.1) is 5.92 Å². The van der Waals surface area contributed by atoms with Gasteiger partial charge in [0.1, 0.15) is 0 Å². The summed E-state index contributed by atoms with van der Waals surface area (Å²) in [7, 11) is 4.10. The molecule has 3 unspecified atom stereocenters. The van der Waals surface area contributed by atoms with E-state index in [2.05, 4.69) is 31.1 Å². The third kappa shape index (κ3) is 3.01. The number of ether oxygens (including phenoxy) is 1. The average Bonchev–Trinajstić information content (AvgIpc) is 2.53. The first kappa shape index (κ1) is 13.3. The highest BCUT2D eigenvalue weighted by atomic mass is 16.5. The molecule has 17 heavy (non-hydrogen) atoms. The summed E-state index contributed by atoms with van der Waals surface area (Å²) in [4.78, 5) is 2.60. The van der Waals surface area contributed by atoms with Gasteiger partial charge in [-0.1, -0.05) is 13.8 Å². The number of hydrogen-bond donors (Lipinski definition) is 1. The Hall–Kier alpha value is -0.120. The molecule has 100 valence electrons. The molecule has 1 N–H and O–H groups in total. The second-order valence-corrected chi connectivity index (χ2v) is 6.19. The fourth-order valence-electron chi connectivity index (χ4n) is 3.46. The highest BCUT2D eigenvalue weighted by Gasteiger charge is 2.38. The smallest absolute Gasteiger partial charge is 0.0618 e. The molecule has 2 bridgehead atoms. The average molecular weight is 240 g/mol. The van der Waals surface area contributed by atoms with E-state index in [0.29, 0.717) is 18.0 Å². The van der Waals surface area contributed by atoms with Gasteiger partial charge in [-0.2, -0.15) is 0 Å². The van der Waals surface area contributed by atoms with E-state index in [1.54, 1.807) is 7.11 Å². The predicted octanol–water partition coefficient (Wildman–Crippen LogP) is 1.87. The van der Waals surface area contributed by atoms with E-state index < -0.39 is 0 Å². The fourth-order valence-corrected chi connectivity index (χ4v) is 3.46. The molecule has 0 saturated carbocycles. The van der Waals surface area contributed by atoms with E-state index in [0.717, 1.165) is 18.7 Å². The first-order valence-corrected chi connectivity index (χ1v) is 7.08. The Morgan fingerprint density at radius 3 is 2.29 bits per heavy atom. The molecule has 0 amide bonds. The van der Waals surface area contributed by atoms with Crippen LogP contribution >= 0.6 is 0 Å². The summed E-state index contributed by atoms with van der Waals surface area (Å²) in [5.41, 5.74) is 0. The van der Waals surface area contributed by atoms with Crippen molar-refractivity contribution in [1.29, 1.82) is 0 Å². The number of hydrogen-bond acceptors (Lipinski definition) is 3. The van der Waals surface area contributed by atoms with Crippen LogP contribution in [0.2, 0.25) is 0 Å². The van der Waals surface area contributed by atoms with Crippen LogP contribution in [0.1, 0.15) is 39.5 Å². The van der Waals surface area contributed by atoms with Gasteiger partial charge >= 0.3 is 0 Å². The highest BCUT2D eigenvalue weighted by Crippen LogP contribution is 2.34. The van der Waals surface area contributed by atoms with Crippen LogP contribution < -0.4 is 5.32 Å². The summed E-state index contributed by atoms with van der Waals surface area (Å²) in [6.07, 6.45) is 5.44. The summed E-state index contributed by atoms with van der Waals surface area (Å²) >= 11 is 0. The van der Waals surface area contributed by atoms with Crippen molar-refractivity contribution in [1.82, 2.24) is 10.2 Å². The summed E-state index contributed by atoms with van der Waals surface area (Å²) in [6, 6.07) is 2.85. The van der Waals surface area contributed by atoms with Crippen LogP contribution in [0.15, 0.2) is 0 Å². The zero-order valence-electron chi connectivity index (χ0n) is 11.8. The molecule has 2 heterocycles. The van der Waals surface area contributed by atoms with Crippen LogP contribution in [0.3, 0.4) is 0 Å². The van der Waals surface area contributed by atoms with E-state index in [1.165, 1.54) is 25.7 Å². The van der Waals surface area contributed by atoms with E-state index in [1.807, 2.05) is 0 Å². The molecule has 2 rings (SSSR count). The monoisotopic (exact) mass is 240 g/mol. The number of nitrogens with zero attached hydrogens (tertiary/aromatic N) is 1. The first-order chi connectivity index (χ1) is 8.11. The lowest BCUT2D eigenvalue weighted by Gasteiger charge is -2.39. The van der Waals surface area contributed by atoms with Gasteiger partial charge < -0.3 is 15.0 Å². The molecule has 3 atom stereocenters. The number of piperidine rings is 1. The van der Waals surface area contributed by atoms with Gasteiger partial charge in [-0.25, -0.2) is 0 Å². The molecular formula is C14H28N2O. The SMILES string of the molecule is COCC(NC1CC2CCC(C1)N2C)C(C)C. The molecule has 3 nitrogen and oxygen atoms in total. The Morgan fingerprint density at radius 1 is 1.24 bits per heavy atom. The zero-order valence-corrected chi connectivity index (χ0v) is 11.8. The molecule has 2 aliphatic rings. The van der Waals surface area contributed by atoms with Gasteiger partial charge in [0.25, 0.3) is 0 Å². The first-order valence-electron chi connectivity index (χ1n) is 7.08. The molecule has 0 aromatic carbocycles. The summed E-state index contributed by atoms with van der Waals surface area (Å²) in [6.45, 7) is 5.39. The number of fused-ring (bicyclic) bond motifs is 2. The maximum atomic E-state index is 5.32. The van der Waals surface area contributed by atoms with E-state index in [-0.39, 0.29) is 0 Å². The largest absolute Gasteiger partial charge is 0.383 e. The van der Waals surface area contributed by atoms with Gasteiger partial charge in [0.05, 0.1) is 6.61 Å². The minimum absolute atomic E-state index is 0.507. The van der Waals surface area contributed by atoms with Gasteiger partial charge in [0.15, 0.2) is 0 Å². The topological polar surface area (TPSA) is 24.5 Å². The fraction of sp³-hybridized carbons (Fsp3) is 1.00. The maximum Gasteiger partial charge on any atom is 0.0618 e. The molecule has 0 aromatic heterocycles. The molecule has 2 saturated heterocycles. The van der Waals surface area contributed by atoms with Crippen molar-refractivity contribution in [2.24, 2.45) is 5.92 Å². The summed E-state index contributed by atoms with van der Waals surface area (Å²) < 4.78 is 5.32. The van der Waals surface area contributed by atoms with Gasteiger partial charge in [-0.3, -0.25) is 0 Å². The Morgan fingerprint density at radius 2 is 1.82 bits per heavy atom. The van der Waals surface area contributed by atoms with E-state index in [9.17, 15) is 0 Å². The second kappa shape index (κ2) is 5.68. The predicted molar refractivity (Wildman–Crippen MR) is 71.2 cm³/mol. The maximum absolute atomic E-state index is 5.32. The number of rotatable bonds is 5. The molecule has 3 heteroatoms. The van der Waals surface area contributed by atoms with E-state index in [4.69, 9.17) is 4.74 Å². The van der Waals surface area contributed by atoms with Gasteiger partial charge in [0, 0.05) is 31.3 Å². The third-order valence-electron chi connectivity index (χ3n) is 4.70. The van der Waals surface area contributed by atoms with Crippen molar-refractivity contribution in [3.8, 4) is 0 Å². The molecule has 0 aromatic rings. The number of nitrogens with one attached hydrogen (secondary N) is 1. The van der Waals surface area contributed by atoms with Crippen molar-refractivity contribution in [3.63, 3.8) is 0 Å². The molecule has 2 aliphatic heterocycles. The molecule has 0 spiro atoms. The minimum atomic E-state index is 0.507. The van der Waals surface area contributed by atoms with Crippen molar-refractivity contribution in [3.05, 3.63) is 0 Å². The van der Waals surface area contributed by atoms with Crippen molar-refractivity contribution in [2.45, 2.75) is 63.7 Å². The lowest BCUT2D eigenvalue weighted by Crippen LogP contribution is -2.52. The quantitative estimate of drug-likeness (QED) is 0.794. The van der Waals surface area contributed by atoms with Gasteiger partial charge in [-0.05, 0) is 38.6 Å². The third-order valence-corrected chi connectivity index (χ3v) is 4.70. The Labute approximate surface area is 106 Å². The van der Waals surface area contributed by atoms with Gasteiger partial charge in [0.2, 0.25) is 0 Å². The van der Waals surface area contributed by atoms with E-state index >= 15 is 0 Å². The Balaban J connectivity index is 1.87. The van der Waals surface area contributed by atoms with Crippen LogP contribution in [-0.2, 0) is 4.74 Å². The minimum Gasteiger partial charge on any atom is -0.383 e. The highest BCUT2D eigenvalue weighted by molar-refractivity contribution is 4.96. The van der Waals surface area contributed by atoms with Crippen LogP contribution in [0.5, 0.6) is 0 Å². The summed E-state index contributed by atoms with van der Waals surface area (Å²) in [5.74, 6) is 0.646. The normalized spacial score (nSPS) is 35.5. The van der Waals surface area contributed by atoms with Crippen LogP contribution in [0.4, 0.5) is 0 Å². The van der Waals surface area contributed by atoms with Crippen LogP contribution in [0.25, 0.3) is 0 Å². The second-order valence-electron chi connectivity index (χ2n) is 6.19. The van der Waals surface area contributed by atoms with Crippen molar-refractivity contribution >= 4 is 0 Å². The standard InChI is InChI=1S/C14H28N2O/c1-10(2)14(9-17-4)15-11-7-12-5-6-13(8-11)16(12)3/h10-15H,5-9H2,1-4H3. The lowest BCUT2D eigenvalue weighted by molar-refractivity contribution is 0.107. The molecular weight excluding hydrogens is 212 g/mol. The molecule has 2 fully saturated rings. The number of methoxy groups -OCH3 is 1. The zero-order chi connectivity index (χ0) is 12.4. The van der Waals surface area contributed by atoms with Crippen LogP contribution in [-0.4, -0.2) is 49.8 Å². The van der Waals surface area contributed by atoms with Crippen molar-refractivity contribution < 1.29 is 4.74 Å². The lowest BCUT2D eigenvalue weighted by atomic mass is 9.95. The molecule has 0 radical (unpaired) electrons. The van der Waals surface area contributed by atoms with Crippen molar-refractivity contribution in [2.75, 3.05) is 20.8 Å². The summed E-state index contributed by atoms with van der Waals surface area (Å²) in [5, 5.41) is 3.83. The Kier molecular flexibility index (Phi) is 4.45. The Bertz CT molecular complexity index is 230. The molecule has 0 aliphatic carbocycles.